The summed E-state index contributed by atoms with van der Waals surface area (Å²) < 4.78 is 41.1. The van der Waals surface area contributed by atoms with Crippen LogP contribution in [0.15, 0.2) is 18.2 Å². The number of nitrogens with two attached hydrogens (primary N) is 1. The Bertz CT molecular complexity index is 975. The van der Waals surface area contributed by atoms with Crippen molar-refractivity contribution in [3.05, 3.63) is 29.3 Å². The number of aromatic hydroxyl groups is 1. The quantitative estimate of drug-likeness (QED) is 0.399. The van der Waals surface area contributed by atoms with E-state index in [4.69, 9.17) is 15.6 Å². The van der Waals surface area contributed by atoms with Crippen LogP contribution in [0.5, 0.6) is 11.5 Å². The van der Waals surface area contributed by atoms with Gasteiger partial charge in [0.05, 0.1) is 0 Å². The predicted molar refractivity (Wildman–Crippen MR) is 125 cm³/mol. The molecule has 1 unspecified atom stereocenters. The molecule has 1 aliphatic rings. The van der Waals surface area contributed by atoms with E-state index in [2.05, 4.69) is 32.1 Å². The van der Waals surface area contributed by atoms with Crippen molar-refractivity contribution in [2.24, 2.45) is 5.73 Å². The highest BCUT2D eigenvalue weighted by atomic mass is 19.4. The lowest BCUT2D eigenvalue weighted by Crippen LogP contribution is -2.42. The number of alkyl halides is 3. The third-order valence-electron chi connectivity index (χ3n) is 5.68. The number of nitrogens with one attached hydrogen (secondary N) is 1. The number of likely N-dealkylation sites (tertiary alicyclic amines) is 1. The Morgan fingerprint density at radius 1 is 1.34 bits per heavy atom. The summed E-state index contributed by atoms with van der Waals surface area (Å²) >= 11 is 0. The molecule has 0 bridgehead atoms. The van der Waals surface area contributed by atoms with Crippen molar-refractivity contribution >= 4 is 12.3 Å². The van der Waals surface area contributed by atoms with Crippen LogP contribution in [-0.4, -0.2) is 63.8 Å². The lowest BCUT2D eigenvalue weighted by Gasteiger charge is -2.33. The molecule has 12 heteroatoms. The van der Waals surface area contributed by atoms with Gasteiger partial charge < -0.3 is 30.9 Å². The number of phenols is 1. The van der Waals surface area contributed by atoms with Crippen molar-refractivity contribution in [1.29, 1.82) is 0 Å². The van der Waals surface area contributed by atoms with E-state index in [1.807, 2.05) is 6.92 Å². The summed E-state index contributed by atoms with van der Waals surface area (Å²) in [6.45, 7) is 7.05. The van der Waals surface area contributed by atoms with Crippen molar-refractivity contribution in [3.8, 4) is 22.8 Å². The summed E-state index contributed by atoms with van der Waals surface area (Å²) in [7, 11) is 0. The minimum Gasteiger partial charge on any atom is -0.507 e. The fraction of sp³-hybridized carbons (Fsp3) is 0.522. The minimum atomic E-state index is -4.84. The van der Waals surface area contributed by atoms with Gasteiger partial charge in [0.15, 0.2) is 5.82 Å². The van der Waals surface area contributed by atoms with E-state index >= 15 is 0 Å². The number of nitrogens with zero attached hydrogens (tertiary/aromatic N) is 3. The van der Waals surface area contributed by atoms with Crippen LogP contribution in [0.3, 0.4) is 0 Å². The van der Waals surface area contributed by atoms with Crippen molar-refractivity contribution in [1.82, 2.24) is 15.1 Å². The Balaban J connectivity index is 0.00000137. The van der Waals surface area contributed by atoms with Gasteiger partial charge in [-0.3, -0.25) is 4.79 Å². The highest BCUT2D eigenvalue weighted by molar-refractivity contribution is 5.72. The molecule has 1 saturated heterocycles. The average molecular weight is 500 g/mol. The molecule has 194 valence electrons. The van der Waals surface area contributed by atoms with Crippen molar-refractivity contribution < 1.29 is 32.9 Å². The molecule has 0 aliphatic carbocycles. The summed E-state index contributed by atoms with van der Waals surface area (Å²) in [5.74, 6) is -0.286. The number of phenolic OH excluding ortho intramolecular Hbond substituents is 1. The molecule has 2 heterocycles. The van der Waals surface area contributed by atoms with Gasteiger partial charge in [0.1, 0.15) is 17.2 Å². The fourth-order valence-corrected chi connectivity index (χ4v) is 4.04. The number of ether oxygens (including phenoxy) is 1. The second-order valence-corrected chi connectivity index (χ2v) is 8.17. The molecule has 3 rings (SSSR count). The maximum atomic E-state index is 12.4. The van der Waals surface area contributed by atoms with Crippen LogP contribution < -0.4 is 15.8 Å². The predicted octanol–water partition coefficient (Wildman–Crippen LogP) is 3.89. The van der Waals surface area contributed by atoms with Gasteiger partial charge in [0.2, 0.25) is 0 Å². The standard InChI is InChI=1S/C22H30F3N5O2.CH2O2/c1-3-4-9-30-10-5-6-15(13-30)27-21-18(12-26)14(2)20(28-29-21)17-8-7-16(11-19(17)31)32-22(23,24)25;2-1-3/h7-8,11,15,31H,3-6,9-10,12-13,26H2,1-2H3,(H,27,29);1H,(H,2,3). The minimum absolute atomic E-state index is 0.207. The molecule has 5 N–H and O–H groups in total. The zero-order chi connectivity index (χ0) is 26.0. The molecule has 2 aromatic rings. The third kappa shape index (κ3) is 8.25. The Hall–Kier alpha value is -3.12. The van der Waals surface area contributed by atoms with Crippen LogP contribution in [0.4, 0.5) is 19.0 Å². The van der Waals surface area contributed by atoms with Gasteiger partial charge in [-0.1, -0.05) is 13.3 Å². The number of rotatable bonds is 8. The van der Waals surface area contributed by atoms with E-state index in [1.165, 1.54) is 12.5 Å². The number of hydrogen-bond donors (Lipinski definition) is 4. The Morgan fingerprint density at radius 3 is 2.66 bits per heavy atom. The Labute approximate surface area is 202 Å². The summed E-state index contributed by atoms with van der Waals surface area (Å²) in [5, 5.41) is 29.2. The molecule has 1 aromatic heterocycles. The van der Waals surface area contributed by atoms with Crippen LogP contribution >= 0.6 is 0 Å². The van der Waals surface area contributed by atoms with Gasteiger partial charge >= 0.3 is 6.36 Å². The third-order valence-corrected chi connectivity index (χ3v) is 5.68. The van der Waals surface area contributed by atoms with Gasteiger partial charge in [0, 0.05) is 36.3 Å². The lowest BCUT2D eigenvalue weighted by atomic mass is 10.0. The number of carbonyl (C=O) groups is 1. The van der Waals surface area contributed by atoms with Gasteiger partial charge in [0.25, 0.3) is 6.47 Å². The molecule has 1 aliphatic heterocycles. The van der Waals surface area contributed by atoms with E-state index < -0.39 is 12.1 Å². The molecular formula is C23H32F3N5O4. The summed E-state index contributed by atoms with van der Waals surface area (Å²) in [5.41, 5.74) is 8.09. The van der Waals surface area contributed by atoms with Gasteiger partial charge in [-0.25, -0.2) is 0 Å². The fourth-order valence-electron chi connectivity index (χ4n) is 4.04. The number of anilines is 1. The maximum Gasteiger partial charge on any atom is 0.573 e. The van der Waals surface area contributed by atoms with Gasteiger partial charge in [-0.2, -0.15) is 0 Å². The van der Waals surface area contributed by atoms with Crippen LogP contribution in [0.1, 0.15) is 43.7 Å². The first kappa shape index (κ1) is 28.1. The molecule has 0 radical (unpaired) electrons. The van der Waals surface area contributed by atoms with Crippen LogP contribution in [0, 0.1) is 6.92 Å². The highest BCUT2D eigenvalue weighted by Crippen LogP contribution is 2.36. The molecule has 1 aromatic carbocycles. The Kier molecular flexibility index (Phi) is 10.5. The van der Waals surface area contributed by atoms with E-state index in [9.17, 15) is 18.3 Å². The molecule has 0 saturated carbocycles. The number of halogens is 3. The molecule has 0 amide bonds. The topological polar surface area (TPSA) is 134 Å². The number of unbranched alkanes of at least 4 members (excludes halogenated alkanes) is 1. The SMILES string of the molecule is CCCCN1CCCC(Nc2nnc(-c3ccc(OC(F)(F)F)cc3O)c(C)c2CN)C1.O=CO. The number of piperidine rings is 1. The molecule has 1 atom stereocenters. The number of carboxylic acid groups (broad SMARTS) is 1. The number of benzene rings is 1. The summed E-state index contributed by atoms with van der Waals surface area (Å²) in [6, 6.07) is 3.60. The monoisotopic (exact) mass is 499 g/mol. The largest absolute Gasteiger partial charge is 0.573 e. The second kappa shape index (κ2) is 13.1. The van der Waals surface area contributed by atoms with Crippen molar-refractivity contribution in [2.45, 2.75) is 58.5 Å². The zero-order valence-corrected chi connectivity index (χ0v) is 19.8. The first-order chi connectivity index (χ1) is 16.6. The number of aromatic nitrogens is 2. The average Bonchev–Trinajstić information content (AvgIpc) is 2.78. The molecular weight excluding hydrogens is 467 g/mol. The van der Waals surface area contributed by atoms with Gasteiger partial charge in [-0.05, 0) is 57.0 Å². The Morgan fingerprint density at radius 2 is 2.06 bits per heavy atom. The second-order valence-electron chi connectivity index (χ2n) is 8.17. The van der Waals surface area contributed by atoms with E-state index in [0.29, 0.717) is 17.1 Å². The van der Waals surface area contributed by atoms with E-state index in [0.717, 1.165) is 56.6 Å². The van der Waals surface area contributed by atoms with Crippen LogP contribution in [0.25, 0.3) is 11.3 Å². The van der Waals surface area contributed by atoms with Crippen molar-refractivity contribution in [2.75, 3.05) is 25.0 Å². The normalized spacial score (nSPS) is 16.2. The lowest BCUT2D eigenvalue weighted by molar-refractivity contribution is -0.274. The molecule has 1 fully saturated rings. The summed E-state index contributed by atoms with van der Waals surface area (Å²) in [6.07, 6.45) is -0.381. The first-order valence-electron chi connectivity index (χ1n) is 11.4. The molecule has 0 spiro atoms. The first-order valence-corrected chi connectivity index (χ1v) is 11.4. The van der Waals surface area contributed by atoms with Crippen LogP contribution in [-0.2, 0) is 11.3 Å². The zero-order valence-electron chi connectivity index (χ0n) is 19.8. The summed E-state index contributed by atoms with van der Waals surface area (Å²) in [4.78, 5) is 10.8. The van der Waals surface area contributed by atoms with Crippen LogP contribution in [0.2, 0.25) is 0 Å². The van der Waals surface area contributed by atoms with E-state index in [1.54, 1.807) is 0 Å². The smallest absolute Gasteiger partial charge is 0.507 e. The van der Waals surface area contributed by atoms with E-state index in [-0.39, 0.29) is 30.4 Å². The maximum absolute atomic E-state index is 12.4. The molecule has 9 nitrogen and oxygen atoms in total. The van der Waals surface area contributed by atoms with Crippen molar-refractivity contribution in [3.63, 3.8) is 0 Å². The number of hydrogen-bond acceptors (Lipinski definition) is 8. The van der Waals surface area contributed by atoms with Gasteiger partial charge in [-0.15, -0.1) is 23.4 Å². The highest BCUT2D eigenvalue weighted by Gasteiger charge is 2.31. The molecule has 35 heavy (non-hydrogen) atoms.